The van der Waals surface area contributed by atoms with Crippen molar-refractivity contribution in [3.05, 3.63) is 65.2 Å². The summed E-state index contributed by atoms with van der Waals surface area (Å²) >= 11 is 0. The first-order valence-electron chi connectivity index (χ1n) is 7.24. The van der Waals surface area contributed by atoms with Gasteiger partial charge in [-0.05, 0) is 31.5 Å². The normalized spacial score (nSPS) is 10.4. The van der Waals surface area contributed by atoms with Crippen molar-refractivity contribution in [1.82, 2.24) is 0 Å². The summed E-state index contributed by atoms with van der Waals surface area (Å²) in [5, 5.41) is 7.45. The van der Waals surface area contributed by atoms with Crippen LogP contribution < -0.4 is 10.6 Å². The smallest absolute Gasteiger partial charge is 0.0923 e. The molecule has 0 heterocycles. The highest BCUT2D eigenvalue weighted by atomic mass is 15.1. The first-order valence-corrected chi connectivity index (χ1v) is 7.24. The van der Waals surface area contributed by atoms with Crippen LogP contribution in [0.3, 0.4) is 0 Å². The summed E-state index contributed by atoms with van der Waals surface area (Å²) < 4.78 is 0. The molecule has 21 heavy (non-hydrogen) atoms. The largest absolute Gasteiger partial charge is 0.388 e. The number of hydrogen-bond donors (Lipinski definition) is 2. The van der Waals surface area contributed by atoms with Gasteiger partial charge in [-0.25, -0.2) is 0 Å². The summed E-state index contributed by atoms with van der Waals surface area (Å²) in [7, 11) is 0. The number of anilines is 1. The van der Waals surface area contributed by atoms with Gasteiger partial charge in [0.2, 0.25) is 0 Å². The Morgan fingerprint density at radius 3 is 2.24 bits per heavy atom. The van der Waals surface area contributed by atoms with Gasteiger partial charge in [-0.2, -0.15) is 0 Å². The van der Waals surface area contributed by atoms with E-state index in [2.05, 4.69) is 49.1 Å². The summed E-state index contributed by atoms with van der Waals surface area (Å²) in [5.74, 6) is 0.233. The van der Waals surface area contributed by atoms with E-state index in [1.54, 1.807) is 0 Å². The lowest BCUT2D eigenvalue weighted by Gasteiger charge is -2.25. The quantitative estimate of drug-likeness (QED) is 0.627. The second-order valence-electron chi connectivity index (χ2n) is 5.53. The van der Waals surface area contributed by atoms with Crippen molar-refractivity contribution in [3.63, 3.8) is 0 Å². The third kappa shape index (κ3) is 4.63. The minimum Gasteiger partial charge on any atom is -0.388 e. The predicted molar refractivity (Wildman–Crippen MR) is 89.9 cm³/mol. The minimum absolute atomic E-state index is 0.233. The topological polar surface area (TPSA) is 53.1 Å². The van der Waals surface area contributed by atoms with Crippen LogP contribution in [0.4, 0.5) is 5.69 Å². The molecule has 0 aromatic heterocycles. The maximum Gasteiger partial charge on any atom is 0.0923 e. The van der Waals surface area contributed by atoms with Gasteiger partial charge in [-0.3, -0.25) is 5.41 Å². The van der Waals surface area contributed by atoms with E-state index in [0.717, 1.165) is 18.8 Å². The molecule has 0 aliphatic heterocycles. The van der Waals surface area contributed by atoms with Crippen molar-refractivity contribution < 1.29 is 0 Å². The highest BCUT2D eigenvalue weighted by Gasteiger charge is 2.08. The minimum atomic E-state index is 0.233. The van der Waals surface area contributed by atoms with Crippen molar-refractivity contribution in [2.45, 2.75) is 26.8 Å². The number of para-hydroxylation sites is 1. The summed E-state index contributed by atoms with van der Waals surface area (Å²) in [4.78, 5) is 2.27. The Hall–Kier alpha value is -2.29. The average Bonchev–Trinajstić information content (AvgIpc) is 2.43. The van der Waals surface area contributed by atoms with E-state index in [1.807, 2.05) is 18.2 Å². The van der Waals surface area contributed by atoms with Gasteiger partial charge in [0, 0.05) is 25.2 Å². The molecular formula is C18H23N3. The highest BCUT2D eigenvalue weighted by molar-refractivity contribution is 5.77. The van der Waals surface area contributed by atoms with Gasteiger partial charge in [0.25, 0.3) is 0 Å². The van der Waals surface area contributed by atoms with E-state index in [9.17, 15) is 0 Å². The van der Waals surface area contributed by atoms with Crippen molar-refractivity contribution >= 4 is 11.5 Å². The van der Waals surface area contributed by atoms with Gasteiger partial charge < -0.3 is 10.6 Å². The zero-order valence-corrected chi connectivity index (χ0v) is 12.8. The Morgan fingerprint density at radius 1 is 1.05 bits per heavy atom. The molecule has 0 aliphatic carbocycles. The Kier molecular flexibility index (Phi) is 4.99. The molecule has 2 rings (SSSR count). The van der Waals surface area contributed by atoms with Crippen molar-refractivity contribution in [2.75, 3.05) is 11.4 Å². The molecule has 2 aromatic carbocycles. The molecule has 3 N–H and O–H groups in total. The number of rotatable bonds is 6. The maximum absolute atomic E-state index is 7.45. The van der Waals surface area contributed by atoms with Crippen molar-refractivity contribution in [2.24, 2.45) is 5.73 Å². The number of amidine groups is 1. The summed E-state index contributed by atoms with van der Waals surface area (Å²) in [5.41, 5.74) is 10.5. The second kappa shape index (κ2) is 6.93. The average molecular weight is 281 g/mol. The van der Waals surface area contributed by atoms with Crippen LogP contribution in [0.5, 0.6) is 0 Å². The van der Waals surface area contributed by atoms with E-state index < -0.39 is 0 Å². The molecule has 0 bridgehead atoms. The van der Waals surface area contributed by atoms with Crippen molar-refractivity contribution in [3.8, 4) is 0 Å². The third-order valence-corrected chi connectivity index (χ3v) is 3.43. The van der Waals surface area contributed by atoms with Crippen LogP contribution in [0.1, 0.15) is 23.1 Å². The fourth-order valence-electron chi connectivity index (χ4n) is 2.57. The summed E-state index contributed by atoms with van der Waals surface area (Å²) in [6.07, 6.45) is 0.583. The molecule has 0 spiro atoms. The fraction of sp³-hybridized carbons (Fsp3) is 0.278. The zero-order valence-electron chi connectivity index (χ0n) is 12.8. The van der Waals surface area contributed by atoms with Crippen LogP contribution in [0.2, 0.25) is 0 Å². The standard InChI is InChI=1S/C18H23N3/c1-14-10-15(2)12-16(11-14)13-21(9-8-18(19)20)17-6-4-3-5-7-17/h3-7,10-12H,8-9,13H2,1-2H3,(H3,19,20). The van der Waals surface area contributed by atoms with Crippen LogP contribution in [0.15, 0.2) is 48.5 Å². The number of nitrogens with one attached hydrogen (secondary N) is 1. The molecule has 0 unspecified atom stereocenters. The SMILES string of the molecule is Cc1cc(C)cc(CN(CCC(=N)N)c2ccccc2)c1. The van der Waals surface area contributed by atoms with Crippen molar-refractivity contribution in [1.29, 1.82) is 5.41 Å². The number of aryl methyl sites for hydroxylation is 2. The van der Waals surface area contributed by atoms with Crippen LogP contribution in [0, 0.1) is 19.3 Å². The van der Waals surface area contributed by atoms with Crippen LogP contribution in [0.25, 0.3) is 0 Å². The van der Waals surface area contributed by atoms with Gasteiger partial charge in [0.15, 0.2) is 0 Å². The summed E-state index contributed by atoms with van der Waals surface area (Å²) in [6.45, 7) is 5.84. The van der Waals surface area contributed by atoms with E-state index in [1.165, 1.54) is 16.7 Å². The molecule has 0 fully saturated rings. The fourth-order valence-corrected chi connectivity index (χ4v) is 2.57. The number of nitrogens with zero attached hydrogens (tertiary/aromatic N) is 1. The Labute approximate surface area is 126 Å². The van der Waals surface area contributed by atoms with Crippen LogP contribution >= 0.6 is 0 Å². The van der Waals surface area contributed by atoms with Gasteiger partial charge in [0.05, 0.1) is 5.84 Å². The van der Waals surface area contributed by atoms with Gasteiger partial charge in [-0.15, -0.1) is 0 Å². The zero-order chi connectivity index (χ0) is 15.2. The molecule has 3 heteroatoms. The molecule has 0 saturated heterocycles. The third-order valence-electron chi connectivity index (χ3n) is 3.43. The molecule has 0 amide bonds. The van der Waals surface area contributed by atoms with Gasteiger partial charge in [-0.1, -0.05) is 47.5 Å². The number of benzene rings is 2. The lowest BCUT2D eigenvalue weighted by atomic mass is 10.1. The molecule has 0 saturated carbocycles. The van der Waals surface area contributed by atoms with E-state index in [4.69, 9.17) is 11.1 Å². The molecular weight excluding hydrogens is 258 g/mol. The Balaban J connectivity index is 2.20. The number of nitrogens with two attached hydrogens (primary N) is 1. The summed E-state index contributed by atoms with van der Waals surface area (Å²) in [6, 6.07) is 16.9. The Bertz CT molecular complexity index is 585. The maximum atomic E-state index is 7.45. The lowest BCUT2D eigenvalue weighted by Crippen LogP contribution is -2.27. The van der Waals surface area contributed by atoms with Crippen LogP contribution in [-0.2, 0) is 6.54 Å². The molecule has 2 aromatic rings. The van der Waals surface area contributed by atoms with Gasteiger partial charge in [0.1, 0.15) is 0 Å². The van der Waals surface area contributed by atoms with E-state index >= 15 is 0 Å². The second-order valence-corrected chi connectivity index (χ2v) is 5.53. The predicted octanol–water partition coefficient (Wildman–Crippen LogP) is 3.64. The molecule has 0 radical (unpaired) electrons. The van der Waals surface area contributed by atoms with Crippen LogP contribution in [-0.4, -0.2) is 12.4 Å². The van der Waals surface area contributed by atoms with E-state index in [0.29, 0.717) is 6.42 Å². The highest BCUT2D eigenvalue weighted by Crippen LogP contribution is 2.18. The van der Waals surface area contributed by atoms with Gasteiger partial charge >= 0.3 is 0 Å². The molecule has 0 atom stereocenters. The van der Waals surface area contributed by atoms with E-state index in [-0.39, 0.29) is 5.84 Å². The molecule has 110 valence electrons. The Morgan fingerprint density at radius 2 is 1.67 bits per heavy atom. The lowest BCUT2D eigenvalue weighted by molar-refractivity contribution is 0.801. The molecule has 0 aliphatic rings. The monoisotopic (exact) mass is 281 g/mol. The number of hydrogen-bond acceptors (Lipinski definition) is 2. The first kappa shape index (κ1) is 15.1. The first-order chi connectivity index (χ1) is 10.0. The molecule has 3 nitrogen and oxygen atoms in total.